The molecule has 1 aliphatic carbocycles. The summed E-state index contributed by atoms with van der Waals surface area (Å²) in [5.74, 6) is 0.107. The molecular formula is C12H15Cl2FN2O. The molecule has 1 saturated carbocycles. The number of hydrogen-bond donors (Lipinski definition) is 0. The SMILES string of the molecule is COC1(c2nc(Cl)c(F)c(Cl)n2)CCCC(C)C1. The van der Waals surface area contributed by atoms with Gasteiger partial charge < -0.3 is 4.74 Å². The van der Waals surface area contributed by atoms with E-state index in [-0.39, 0.29) is 10.3 Å². The van der Waals surface area contributed by atoms with Gasteiger partial charge in [0.25, 0.3) is 0 Å². The highest BCUT2D eigenvalue weighted by atomic mass is 35.5. The summed E-state index contributed by atoms with van der Waals surface area (Å²) < 4.78 is 19.0. The average Bonchev–Trinajstić information content (AvgIpc) is 2.35. The summed E-state index contributed by atoms with van der Waals surface area (Å²) in [6.07, 6.45) is 3.76. The molecule has 2 rings (SSSR count). The van der Waals surface area contributed by atoms with E-state index in [1.807, 2.05) is 0 Å². The molecule has 1 aliphatic rings. The number of aromatic nitrogens is 2. The van der Waals surface area contributed by atoms with Crippen LogP contribution in [0.1, 0.15) is 38.4 Å². The first-order valence-corrected chi connectivity index (χ1v) is 6.68. The number of rotatable bonds is 2. The van der Waals surface area contributed by atoms with Crippen LogP contribution in [0.4, 0.5) is 4.39 Å². The topological polar surface area (TPSA) is 35.0 Å². The Kier molecular flexibility index (Phi) is 4.09. The van der Waals surface area contributed by atoms with Crippen molar-refractivity contribution in [3.05, 3.63) is 21.9 Å². The van der Waals surface area contributed by atoms with Gasteiger partial charge in [0.05, 0.1) is 0 Å². The molecule has 6 heteroatoms. The van der Waals surface area contributed by atoms with Gasteiger partial charge in [0, 0.05) is 7.11 Å². The summed E-state index contributed by atoms with van der Waals surface area (Å²) in [6.45, 7) is 2.15. The molecule has 0 saturated heterocycles. The maximum atomic E-state index is 13.4. The molecule has 0 bridgehead atoms. The first-order chi connectivity index (χ1) is 8.48. The minimum absolute atomic E-state index is 0.250. The molecule has 0 radical (unpaired) electrons. The quantitative estimate of drug-likeness (QED) is 0.774. The van der Waals surface area contributed by atoms with Crippen molar-refractivity contribution < 1.29 is 9.13 Å². The smallest absolute Gasteiger partial charge is 0.197 e. The molecular weight excluding hydrogens is 278 g/mol. The Hall–Kier alpha value is -0.450. The largest absolute Gasteiger partial charge is 0.370 e. The van der Waals surface area contributed by atoms with Gasteiger partial charge in [0.2, 0.25) is 0 Å². The maximum Gasteiger partial charge on any atom is 0.197 e. The fourth-order valence-corrected chi connectivity index (χ4v) is 2.97. The maximum absolute atomic E-state index is 13.4. The average molecular weight is 293 g/mol. The second-order valence-corrected chi connectivity index (χ2v) is 5.56. The predicted molar refractivity (Wildman–Crippen MR) is 68.3 cm³/mol. The van der Waals surface area contributed by atoms with Crippen LogP contribution >= 0.6 is 23.2 Å². The van der Waals surface area contributed by atoms with Crippen LogP contribution in [0.5, 0.6) is 0 Å². The van der Waals surface area contributed by atoms with Crippen molar-refractivity contribution in [1.82, 2.24) is 9.97 Å². The standard InChI is InChI=1S/C12H15Cl2FN2O/c1-7-4-3-5-12(6-7,18-2)11-16-9(13)8(15)10(14)17-11/h7H,3-6H2,1-2H3. The number of halogens is 3. The molecule has 0 amide bonds. The highest BCUT2D eigenvalue weighted by molar-refractivity contribution is 6.33. The van der Waals surface area contributed by atoms with E-state index in [1.54, 1.807) is 7.11 Å². The van der Waals surface area contributed by atoms with Crippen LogP contribution in [0.25, 0.3) is 0 Å². The van der Waals surface area contributed by atoms with Crippen molar-refractivity contribution in [2.75, 3.05) is 7.11 Å². The van der Waals surface area contributed by atoms with Crippen molar-refractivity contribution in [2.45, 2.75) is 38.2 Å². The highest BCUT2D eigenvalue weighted by Gasteiger charge is 2.40. The van der Waals surface area contributed by atoms with E-state index in [0.29, 0.717) is 11.7 Å². The van der Waals surface area contributed by atoms with Crippen LogP contribution in [0.3, 0.4) is 0 Å². The molecule has 0 spiro atoms. The molecule has 0 aliphatic heterocycles. The van der Waals surface area contributed by atoms with Crippen molar-refractivity contribution in [2.24, 2.45) is 5.92 Å². The number of methoxy groups -OCH3 is 1. The van der Waals surface area contributed by atoms with E-state index in [0.717, 1.165) is 25.7 Å². The Balaban J connectivity index is 2.44. The third-order valence-electron chi connectivity index (χ3n) is 3.52. The van der Waals surface area contributed by atoms with Crippen molar-refractivity contribution in [3.8, 4) is 0 Å². The monoisotopic (exact) mass is 292 g/mol. The van der Waals surface area contributed by atoms with E-state index in [1.165, 1.54) is 0 Å². The number of hydrogen-bond acceptors (Lipinski definition) is 3. The van der Waals surface area contributed by atoms with Crippen LogP contribution in [-0.4, -0.2) is 17.1 Å². The van der Waals surface area contributed by atoms with Gasteiger partial charge in [0.15, 0.2) is 21.9 Å². The fraction of sp³-hybridized carbons (Fsp3) is 0.667. The number of nitrogens with zero attached hydrogens (tertiary/aromatic N) is 2. The van der Waals surface area contributed by atoms with Gasteiger partial charge in [-0.2, -0.15) is 0 Å². The third kappa shape index (κ3) is 2.46. The zero-order valence-corrected chi connectivity index (χ0v) is 11.9. The van der Waals surface area contributed by atoms with Gasteiger partial charge in [-0.05, 0) is 25.2 Å². The highest BCUT2D eigenvalue weighted by Crippen LogP contribution is 2.41. The molecule has 1 aromatic heterocycles. The second kappa shape index (κ2) is 5.27. The van der Waals surface area contributed by atoms with Gasteiger partial charge in [-0.1, -0.05) is 36.5 Å². The molecule has 3 nitrogen and oxygen atoms in total. The lowest BCUT2D eigenvalue weighted by molar-refractivity contribution is -0.0647. The Morgan fingerprint density at radius 1 is 1.33 bits per heavy atom. The fourth-order valence-electron chi connectivity index (χ4n) is 2.58. The Morgan fingerprint density at radius 3 is 2.44 bits per heavy atom. The summed E-state index contributed by atoms with van der Waals surface area (Å²) >= 11 is 11.5. The second-order valence-electron chi connectivity index (χ2n) is 4.84. The van der Waals surface area contributed by atoms with Crippen LogP contribution in [-0.2, 0) is 10.3 Å². The van der Waals surface area contributed by atoms with Gasteiger partial charge in [-0.25, -0.2) is 14.4 Å². The van der Waals surface area contributed by atoms with Gasteiger partial charge in [-0.3, -0.25) is 0 Å². The first kappa shape index (κ1) is 14.0. The van der Waals surface area contributed by atoms with Crippen LogP contribution in [0, 0.1) is 11.7 Å². The first-order valence-electron chi connectivity index (χ1n) is 5.92. The van der Waals surface area contributed by atoms with Gasteiger partial charge in [0.1, 0.15) is 5.60 Å². The summed E-state index contributed by atoms with van der Waals surface area (Å²) in [5.41, 5.74) is -0.599. The Bertz CT molecular complexity index is 435. The molecule has 1 fully saturated rings. The molecule has 18 heavy (non-hydrogen) atoms. The van der Waals surface area contributed by atoms with Crippen LogP contribution in [0.2, 0.25) is 10.3 Å². The predicted octanol–water partition coefficient (Wildman–Crippen LogP) is 3.97. The lowest BCUT2D eigenvalue weighted by Gasteiger charge is -2.37. The zero-order valence-electron chi connectivity index (χ0n) is 10.3. The molecule has 1 aromatic rings. The summed E-state index contributed by atoms with van der Waals surface area (Å²) in [7, 11) is 1.62. The van der Waals surface area contributed by atoms with Crippen LogP contribution < -0.4 is 0 Å². The summed E-state index contributed by atoms with van der Waals surface area (Å²) in [4.78, 5) is 8.01. The molecule has 100 valence electrons. The Labute approximate surface area is 116 Å². The summed E-state index contributed by atoms with van der Waals surface area (Å²) in [6, 6.07) is 0. The summed E-state index contributed by atoms with van der Waals surface area (Å²) in [5, 5.41) is -0.501. The minimum Gasteiger partial charge on any atom is -0.370 e. The van der Waals surface area contributed by atoms with E-state index >= 15 is 0 Å². The van der Waals surface area contributed by atoms with E-state index in [2.05, 4.69) is 16.9 Å². The van der Waals surface area contributed by atoms with E-state index < -0.39 is 11.4 Å². The normalized spacial score (nSPS) is 28.4. The molecule has 1 heterocycles. The van der Waals surface area contributed by atoms with Crippen LogP contribution in [0.15, 0.2) is 0 Å². The lowest BCUT2D eigenvalue weighted by atomic mass is 9.78. The molecule has 0 N–H and O–H groups in total. The zero-order chi connectivity index (χ0) is 13.3. The van der Waals surface area contributed by atoms with Crippen molar-refractivity contribution in [3.63, 3.8) is 0 Å². The third-order valence-corrected chi connectivity index (χ3v) is 4.03. The number of ether oxygens (including phenoxy) is 1. The van der Waals surface area contributed by atoms with Crippen molar-refractivity contribution in [1.29, 1.82) is 0 Å². The molecule has 0 aromatic carbocycles. The lowest BCUT2D eigenvalue weighted by Crippen LogP contribution is -2.36. The minimum atomic E-state index is -0.780. The van der Waals surface area contributed by atoms with Gasteiger partial charge in [-0.15, -0.1) is 0 Å². The van der Waals surface area contributed by atoms with Gasteiger partial charge >= 0.3 is 0 Å². The Morgan fingerprint density at radius 2 is 1.94 bits per heavy atom. The molecule has 2 unspecified atom stereocenters. The van der Waals surface area contributed by atoms with Crippen molar-refractivity contribution >= 4 is 23.2 Å². The van der Waals surface area contributed by atoms with E-state index in [4.69, 9.17) is 27.9 Å². The van der Waals surface area contributed by atoms with E-state index in [9.17, 15) is 4.39 Å². The molecule has 2 atom stereocenters.